The van der Waals surface area contributed by atoms with Crippen molar-refractivity contribution in [1.82, 2.24) is 4.90 Å². The number of nitrogens with zero attached hydrogens (tertiary/aromatic N) is 1. The van der Waals surface area contributed by atoms with Gasteiger partial charge in [-0.05, 0) is 73.1 Å². The Balaban J connectivity index is 1.20. The second kappa shape index (κ2) is 9.56. The van der Waals surface area contributed by atoms with Crippen LogP contribution in [0.3, 0.4) is 0 Å². The van der Waals surface area contributed by atoms with Crippen LogP contribution in [-0.4, -0.2) is 23.8 Å². The summed E-state index contributed by atoms with van der Waals surface area (Å²) in [5, 5.41) is 0. The lowest BCUT2D eigenvalue weighted by Gasteiger charge is -2.35. The van der Waals surface area contributed by atoms with Crippen LogP contribution in [0, 0.1) is 17.3 Å². The highest BCUT2D eigenvalue weighted by Gasteiger charge is 2.47. The molecular weight excluding hydrogens is 414 g/mol. The zero-order valence-corrected chi connectivity index (χ0v) is 20.8. The summed E-state index contributed by atoms with van der Waals surface area (Å²) in [5.41, 5.74) is 7.53. The molecule has 2 saturated carbocycles. The van der Waals surface area contributed by atoms with Crippen molar-refractivity contribution in [3.63, 3.8) is 0 Å². The molecule has 0 bridgehead atoms. The standard InChI is InChI=1S/C32H39NO/c1-23(26-8-4-5-9-26)21-25-7-6-10-30(22-25)28-13-11-27(12-14-28)24(2)33-19-15-29(16-20-33)31(34)32(3)17-18-32/h6-7,10-14,22,26,29H,1-2,4-5,8-9,15-21H2,3H3. The van der Waals surface area contributed by atoms with Crippen molar-refractivity contribution in [2.45, 2.75) is 64.7 Å². The quantitative estimate of drug-likeness (QED) is 0.382. The van der Waals surface area contributed by atoms with Crippen LogP contribution >= 0.6 is 0 Å². The Hall–Kier alpha value is -2.61. The third-order valence-corrected chi connectivity index (χ3v) is 8.68. The minimum Gasteiger partial charge on any atom is -0.371 e. The number of hydrogen-bond acceptors (Lipinski definition) is 2. The minimum atomic E-state index is 0.000717. The molecule has 0 radical (unpaired) electrons. The molecule has 2 aromatic carbocycles. The van der Waals surface area contributed by atoms with Gasteiger partial charge in [0.1, 0.15) is 5.78 Å². The number of piperidine rings is 1. The molecule has 3 aliphatic rings. The van der Waals surface area contributed by atoms with Crippen molar-refractivity contribution in [2.75, 3.05) is 13.1 Å². The molecule has 1 heterocycles. The Morgan fingerprint density at radius 3 is 2.24 bits per heavy atom. The average molecular weight is 454 g/mol. The Bertz CT molecular complexity index is 1060. The van der Waals surface area contributed by atoms with E-state index >= 15 is 0 Å². The van der Waals surface area contributed by atoms with E-state index in [1.807, 2.05) is 0 Å². The van der Waals surface area contributed by atoms with Gasteiger partial charge in [0.2, 0.25) is 0 Å². The van der Waals surface area contributed by atoms with Gasteiger partial charge in [0.15, 0.2) is 0 Å². The molecule has 0 N–H and O–H groups in total. The van der Waals surface area contributed by atoms with E-state index in [9.17, 15) is 4.79 Å². The molecule has 2 nitrogen and oxygen atoms in total. The van der Waals surface area contributed by atoms with Crippen LogP contribution in [0.2, 0.25) is 0 Å². The zero-order valence-electron chi connectivity index (χ0n) is 20.8. The van der Waals surface area contributed by atoms with Gasteiger partial charge < -0.3 is 4.90 Å². The summed E-state index contributed by atoms with van der Waals surface area (Å²) in [5.74, 6) is 1.47. The second-order valence-corrected chi connectivity index (χ2v) is 11.2. The van der Waals surface area contributed by atoms with E-state index in [2.05, 4.69) is 73.5 Å². The highest BCUT2D eigenvalue weighted by atomic mass is 16.1. The van der Waals surface area contributed by atoms with Gasteiger partial charge in [-0.3, -0.25) is 4.79 Å². The van der Waals surface area contributed by atoms with Crippen molar-refractivity contribution in [3.05, 3.63) is 78.4 Å². The first kappa shape index (κ1) is 23.1. The first-order valence-electron chi connectivity index (χ1n) is 13.3. The van der Waals surface area contributed by atoms with Gasteiger partial charge in [-0.15, -0.1) is 0 Å². The molecule has 0 atom stereocenters. The highest BCUT2D eigenvalue weighted by Crippen LogP contribution is 2.48. The lowest BCUT2D eigenvalue weighted by molar-refractivity contribution is -0.128. The fourth-order valence-electron chi connectivity index (χ4n) is 5.98. The Morgan fingerprint density at radius 2 is 1.59 bits per heavy atom. The number of likely N-dealkylation sites (tertiary alicyclic amines) is 1. The number of benzene rings is 2. The predicted molar refractivity (Wildman–Crippen MR) is 142 cm³/mol. The number of Topliss-reactive ketones (excluding diaryl/α,β-unsaturated/α-hetero) is 1. The normalized spacial score (nSPS) is 20.3. The largest absolute Gasteiger partial charge is 0.371 e. The summed E-state index contributed by atoms with van der Waals surface area (Å²) in [4.78, 5) is 15.1. The lowest BCUT2D eigenvalue weighted by atomic mass is 9.84. The summed E-state index contributed by atoms with van der Waals surface area (Å²) in [6.07, 6.45) is 10.4. The molecule has 5 rings (SSSR count). The van der Waals surface area contributed by atoms with Crippen LogP contribution in [0.4, 0.5) is 0 Å². The van der Waals surface area contributed by atoms with Crippen LogP contribution in [0.1, 0.15) is 69.4 Å². The van der Waals surface area contributed by atoms with Crippen molar-refractivity contribution in [3.8, 4) is 11.1 Å². The van der Waals surface area contributed by atoms with Crippen LogP contribution in [-0.2, 0) is 11.2 Å². The number of hydrogen-bond donors (Lipinski definition) is 0. The van der Waals surface area contributed by atoms with Gasteiger partial charge in [0.05, 0.1) is 0 Å². The maximum absolute atomic E-state index is 12.7. The predicted octanol–water partition coefficient (Wildman–Crippen LogP) is 7.69. The lowest BCUT2D eigenvalue weighted by Crippen LogP contribution is -2.37. The van der Waals surface area contributed by atoms with E-state index in [-0.39, 0.29) is 11.3 Å². The molecule has 0 amide bonds. The Morgan fingerprint density at radius 1 is 0.912 bits per heavy atom. The molecule has 1 aliphatic heterocycles. The number of allylic oxidation sites excluding steroid dienone is 1. The summed E-state index contributed by atoms with van der Waals surface area (Å²) in [7, 11) is 0. The second-order valence-electron chi connectivity index (χ2n) is 11.2. The van der Waals surface area contributed by atoms with Crippen molar-refractivity contribution < 1.29 is 4.79 Å². The van der Waals surface area contributed by atoms with E-state index in [1.165, 1.54) is 53.5 Å². The summed E-state index contributed by atoms with van der Waals surface area (Å²) < 4.78 is 0. The molecule has 1 saturated heterocycles. The van der Waals surface area contributed by atoms with E-state index in [1.54, 1.807) is 0 Å². The summed E-state index contributed by atoms with van der Waals surface area (Å²) in [6.45, 7) is 12.8. The van der Waals surface area contributed by atoms with Gasteiger partial charge in [-0.1, -0.05) is 87.0 Å². The maximum Gasteiger partial charge on any atom is 0.141 e. The molecule has 2 aromatic rings. The molecule has 0 aromatic heterocycles. The van der Waals surface area contributed by atoms with E-state index in [0.29, 0.717) is 11.7 Å². The number of ketones is 1. The average Bonchev–Trinajstić information content (AvgIpc) is 3.38. The Kier molecular flexibility index (Phi) is 6.51. The maximum atomic E-state index is 12.7. The van der Waals surface area contributed by atoms with Crippen molar-refractivity contribution in [2.24, 2.45) is 17.3 Å². The van der Waals surface area contributed by atoms with Crippen LogP contribution < -0.4 is 0 Å². The van der Waals surface area contributed by atoms with Gasteiger partial charge in [0.25, 0.3) is 0 Å². The molecule has 2 heteroatoms. The molecular formula is C32H39NO. The van der Waals surface area contributed by atoms with Gasteiger partial charge in [-0.25, -0.2) is 0 Å². The molecule has 34 heavy (non-hydrogen) atoms. The van der Waals surface area contributed by atoms with Gasteiger partial charge in [-0.2, -0.15) is 0 Å². The van der Waals surface area contributed by atoms with E-state index in [0.717, 1.165) is 50.9 Å². The topological polar surface area (TPSA) is 20.3 Å². The van der Waals surface area contributed by atoms with Crippen molar-refractivity contribution in [1.29, 1.82) is 0 Å². The highest BCUT2D eigenvalue weighted by molar-refractivity contribution is 5.89. The van der Waals surface area contributed by atoms with Crippen LogP contribution in [0.15, 0.2) is 67.3 Å². The first-order chi connectivity index (χ1) is 16.4. The summed E-state index contributed by atoms with van der Waals surface area (Å²) >= 11 is 0. The molecule has 2 aliphatic carbocycles. The fraction of sp³-hybridized carbons (Fsp3) is 0.469. The molecule has 178 valence electrons. The fourth-order valence-corrected chi connectivity index (χ4v) is 5.98. The SMILES string of the molecule is C=C(Cc1cccc(-c2ccc(C(=C)N3CCC(C(=O)C4(C)CC4)CC3)cc2)c1)C1CCCC1. The van der Waals surface area contributed by atoms with Crippen LogP contribution in [0.5, 0.6) is 0 Å². The van der Waals surface area contributed by atoms with Crippen molar-refractivity contribution >= 4 is 11.5 Å². The van der Waals surface area contributed by atoms with E-state index in [4.69, 9.17) is 0 Å². The van der Waals surface area contributed by atoms with Gasteiger partial charge in [0, 0.05) is 30.1 Å². The Labute approximate surface area is 205 Å². The first-order valence-corrected chi connectivity index (χ1v) is 13.3. The van der Waals surface area contributed by atoms with Gasteiger partial charge >= 0.3 is 0 Å². The number of carbonyl (C=O) groups excluding carboxylic acids is 1. The molecule has 0 spiro atoms. The monoisotopic (exact) mass is 453 g/mol. The number of carbonyl (C=O) groups is 1. The molecule has 3 fully saturated rings. The third kappa shape index (κ3) is 4.92. The third-order valence-electron chi connectivity index (χ3n) is 8.68. The van der Waals surface area contributed by atoms with E-state index < -0.39 is 0 Å². The smallest absolute Gasteiger partial charge is 0.141 e. The summed E-state index contributed by atoms with van der Waals surface area (Å²) in [6, 6.07) is 17.8. The minimum absolute atomic E-state index is 0.000717. The molecule has 0 unspecified atom stereocenters. The number of rotatable bonds is 8. The zero-order chi connectivity index (χ0) is 23.7. The van der Waals surface area contributed by atoms with Crippen LogP contribution in [0.25, 0.3) is 16.8 Å².